The van der Waals surface area contributed by atoms with Gasteiger partial charge in [0.05, 0.1) is 17.5 Å². The summed E-state index contributed by atoms with van der Waals surface area (Å²) in [5.74, 6) is 1.89. The molecule has 0 spiro atoms. The molecule has 0 bridgehead atoms. The molecule has 3 N–H and O–H groups in total. The molecule has 0 radical (unpaired) electrons. The fourth-order valence-corrected chi connectivity index (χ4v) is 2.46. The molecule has 106 valence electrons. The zero-order valence-electron chi connectivity index (χ0n) is 11.3. The Morgan fingerprint density at radius 1 is 1.24 bits per heavy atom. The second kappa shape index (κ2) is 4.27. The van der Waals surface area contributed by atoms with E-state index in [0.717, 1.165) is 28.1 Å². The summed E-state index contributed by atoms with van der Waals surface area (Å²) in [6.07, 6.45) is 3.67. The number of fused-ring (bicyclic) bond motifs is 1. The number of ether oxygens (including phenoxy) is 2. The van der Waals surface area contributed by atoms with E-state index < -0.39 is 0 Å². The minimum atomic E-state index is 0.245. The van der Waals surface area contributed by atoms with E-state index in [4.69, 9.17) is 15.2 Å². The molecular formula is C14H13N5O2. The topological polar surface area (TPSA) is 91.0 Å². The first-order chi connectivity index (χ1) is 10.2. The Hall–Kier alpha value is -2.96. The first-order valence-corrected chi connectivity index (χ1v) is 6.45. The Bertz CT molecular complexity index is 821. The van der Waals surface area contributed by atoms with Crippen LogP contribution in [0.5, 0.6) is 11.5 Å². The quantitative estimate of drug-likeness (QED) is 0.748. The molecule has 0 unspecified atom stereocenters. The Morgan fingerprint density at radius 3 is 2.90 bits per heavy atom. The molecule has 0 amide bonds. The van der Waals surface area contributed by atoms with Crippen molar-refractivity contribution in [3.8, 4) is 33.9 Å². The molecule has 7 heteroatoms. The van der Waals surface area contributed by atoms with Crippen LogP contribution in [0.25, 0.3) is 22.4 Å². The summed E-state index contributed by atoms with van der Waals surface area (Å²) >= 11 is 0. The van der Waals surface area contributed by atoms with E-state index in [1.807, 2.05) is 31.4 Å². The fourth-order valence-electron chi connectivity index (χ4n) is 2.46. The standard InChI is InChI=1S/C14H13N5O2/c1-19-6-9(5-16-19)13-12(14(15)18-17-13)8-2-3-10-11(4-8)21-7-20-10/h2-6H,7H2,1H3,(H3,15,17,18). The molecule has 3 aromatic rings. The van der Waals surface area contributed by atoms with Gasteiger partial charge in [0.15, 0.2) is 17.3 Å². The number of nitrogen functional groups attached to an aromatic ring is 1. The molecule has 7 nitrogen and oxygen atoms in total. The lowest BCUT2D eigenvalue weighted by Crippen LogP contribution is -1.93. The maximum absolute atomic E-state index is 6.02. The van der Waals surface area contributed by atoms with Crippen LogP contribution in [0.1, 0.15) is 0 Å². The predicted octanol–water partition coefficient (Wildman–Crippen LogP) is 1.79. The van der Waals surface area contributed by atoms with Gasteiger partial charge in [-0.15, -0.1) is 0 Å². The van der Waals surface area contributed by atoms with Crippen molar-refractivity contribution in [2.24, 2.45) is 7.05 Å². The number of rotatable bonds is 2. The van der Waals surface area contributed by atoms with Gasteiger partial charge in [0.1, 0.15) is 0 Å². The maximum atomic E-state index is 6.02. The molecule has 1 aromatic carbocycles. The van der Waals surface area contributed by atoms with Crippen LogP contribution in [0.2, 0.25) is 0 Å². The Labute approximate surface area is 120 Å². The molecule has 1 aliphatic rings. The van der Waals surface area contributed by atoms with Crippen molar-refractivity contribution in [3.05, 3.63) is 30.6 Å². The smallest absolute Gasteiger partial charge is 0.231 e. The van der Waals surface area contributed by atoms with E-state index in [9.17, 15) is 0 Å². The van der Waals surface area contributed by atoms with Gasteiger partial charge in [0.2, 0.25) is 6.79 Å². The molecule has 0 saturated heterocycles. The zero-order chi connectivity index (χ0) is 14.4. The van der Waals surface area contributed by atoms with Gasteiger partial charge in [-0.25, -0.2) is 0 Å². The van der Waals surface area contributed by atoms with Crippen LogP contribution in [0, 0.1) is 0 Å². The molecule has 0 atom stereocenters. The first kappa shape index (κ1) is 11.8. The molecule has 0 aliphatic carbocycles. The third-order valence-electron chi connectivity index (χ3n) is 3.45. The second-order valence-electron chi connectivity index (χ2n) is 4.83. The van der Waals surface area contributed by atoms with E-state index in [-0.39, 0.29) is 6.79 Å². The predicted molar refractivity (Wildman–Crippen MR) is 76.8 cm³/mol. The Morgan fingerprint density at radius 2 is 2.10 bits per heavy atom. The summed E-state index contributed by atoms with van der Waals surface area (Å²) in [7, 11) is 1.86. The van der Waals surface area contributed by atoms with Gasteiger partial charge >= 0.3 is 0 Å². The number of nitrogens with one attached hydrogen (secondary N) is 1. The van der Waals surface area contributed by atoms with Crippen LogP contribution < -0.4 is 15.2 Å². The van der Waals surface area contributed by atoms with Gasteiger partial charge in [-0.1, -0.05) is 6.07 Å². The molecule has 2 aromatic heterocycles. The van der Waals surface area contributed by atoms with Crippen molar-refractivity contribution in [1.29, 1.82) is 0 Å². The fraction of sp³-hybridized carbons (Fsp3) is 0.143. The lowest BCUT2D eigenvalue weighted by atomic mass is 10.0. The number of aryl methyl sites for hydroxylation is 1. The third kappa shape index (κ3) is 1.82. The van der Waals surface area contributed by atoms with Crippen LogP contribution in [0.3, 0.4) is 0 Å². The van der Waals surface area contributed by atoms with Crippen molar-refractivity contribution in [2.75, 3.05) is 12.5 Å². The summed E-state index contributed by atoms with van der Waals surface area (Å²) in [6.45, 7) is 0.245. The van der Waals surface area contributed by atoms with Crippen LogP contribution in [-0.4, -0.2) is 26.8 Å². The van der Waals surface area contributed by atoms with Crippen LogP contribution in [0.4, 0.5) is 5.82 Å². The largest absolute Gasteiger partial charge is 0.454 e. The van der Waals surface area contributed by atoms with Gasteiger partial charge in [0.25, 0.3) is 0 Å². The molecule has 3 heterocycles. The number of hydrogen-bond acceptors (Lipinski definition) is 5. The summed E-state index contributed by atoms with van der Waals surface area (Å²) < 4.78 is 12.5. The van der Waals surface area contributed by atoms with Gasteiger partial charge in [-0.2, -0.15) is 10.2 Å². The number of anilines is 1. The van der Waals surface area contributed by atoms with Gasteiger partial charge in [-0.05, 0) is 17.7 Å². The number of aromatic nitrogens is 4. The second-order valence-corrected chi connectivity index (χ2v) is 4.83. The SMILES string of the molecule is Cn1cc(-c2[nH]nc(N)c2-c2ccc3c(c2)OCO3)cn1. The maximum Gasteiger partial charge on any atom is 0.231 e. The highest BCUT2D eigenvalue weighted by molar-refractivity contribution is 5.88. The lowest BCUT2D eigenvalue weighted by molar-refractivity contribution is 0.174. The van der Waals surface area contributed by atoms with E-state index in [0.29, 0.717) is 11.6 Å². The van der Waals surface area contributed by atoms with Gasteiger partial charge < -0.3 is 15.2 Å². The number of nitrogens with two attached hydrogens (primary N) is 1. The average molecular weight is 283 g/mol. The van der Waals surface area contributed by atoms with Gasteiger partial charge in [-0.3, -0.25) is 9.78 Å². The highest BCUT2D eigenvalue weighted by atomic mass is 16.7. The molecule has 0 saturated carbocycles. The molecular weight excluding hydrogens is 270 g/mol. The third-order valence-corrected chi connectivity index (χ3v) is 3.45. The monoisotopic (exact) mass is 283 g/mol. The van der Waals surface area contributed by atoms with Crippen molar-refractivity contribution < 1.29 is 9.47 Å². The van der Waals surface area contributed by atoms with Crippen molar-refractivity contribution in [1.82, 2.24) is 20.0 Å². The Kier molecular flexibility index (Phi) is 2.41. The number of aromatic amines is 1. The normalized spacial score (nSPS) is 12.8. The minimum absolute atomic E-state index is 0.245. The summed E-state index contributed by atoms with van der Waals surface area (Å²) in [4.78, 5) is 0. The Balaban J connectivity index is 1.87. The molecule has 4 rings (SSSR count). The van der Waals surface area contributed by atoms with E-state index in [1.165, 1.54) is 0 Å². The number of nitrogens with zero attached hydrogens (tertiary/aromatic N) is 3. The highest BCUT2D eigenvalue weighted by Crippen LogP contribution is 2.40. The van der Waals surface area contributed by atoms with E-state index in [1.54, 1.807) is 10.9 Å². The zero-order valence-corrected chi connectivity index (χ0v) is 11.3. The lowest BCUT2D eigenvalue weighted by Gasteiger charge is -2.04. The number of H-pyrrole nitrogens is 1. The van der Waals surface area contributed by atoms with Crippen molar-refractivity contribution in [2.45, 2.75) is 0 Å². The van der Waals surface area contributed by atoms with Crippen LogP contribution in [-0.2, 0) is 7.05 Å². The summed E-state index contributed by atoms with van der Waals surface area (Å²) in [5, 5.41) is 11.3. The van der Waals surface area contributed by atoms with Crippen LogP contribution in [0.15, 0.2) is 30.6 Å². The number of benzene rings is 1. The first-order valence-electron chi connectivity index (χ1n) is 6.45. The van der Waals surface area contributed by atoms with Crippen molar-refractivity contribution >= 4 is 5.82 Å². The van der Waals surface area contributed by atoms with E-state index >= 15 is 0 Å². The summed E-state index contributed by atoms with van der Waals surface area (Å²) in [6, 6.07) is 5.72. The molecule has 0 fully saturated rings. The van der Waals surface area contributed by atoms with Gasteiger partial charge in [0, 0.05) is 18.8 Å². The number of hydrogen-bond donors (Lipinski definition) is 2. The average Bonchev–Trinajstić information content (AvgIpc) is 3.17. The summed E-state index contributed by atoms with van der Waals surface area (Å²) in [5.41, 5.74) is 9.53. The van der Waals surface area contributed by atoms with E-state index in [2.05, 4.69) is 15.3 Å². The minimum Gasteiger partial charge on any atom is -0.454 e. The highest BCUT2D eigenvalue weighted by Gasteiger charge is 2.19. The van der Waals surface area contributed by atoms with Crippen molar-refractivity contribution in [3.63, 3.8) is 0 Å². The van der Waals surface area contributed by atoms with Crippen LogP contribution >= 0.6 is 0 Å². The molecule has 21 heavy (non-hydrogen) atoms. The molecule has 1 aliphatic heterocycles.